The van der Waals surface area contributed by atoms with Crippen LogP contribution in [0.4, 0.5) is 11.4 Å². The van der Waals surface area contributed by atoms with Crippen molar-refractivity contribution in [3.63, 3.8) is 0 Å². The van der Waals surface area contributed by atoms with Crippen LogP contribution in [-0.4, -0.2) is 55.8 Å². The Morgan fingerprint density at radius 2 is 1.65 bits per heavy atom. The van der Waals surface area contributed by atoms with Gasteiger partial charge in [0.05, 0.1) is 22.6 Å². The molecule has 11 nitrogen and oxygen atoms in total. The molecule has 3 aromatic rings. The average Bonchev–Trinajstić information content (AvgIpc) is 3.00. The van der Waals surface area contributed by atoms with Gasteiger partial charge in [0.15, 0.2) is 0 Å². The van der Waals surface area contributed by atoms with E-state index in [0.29, 0.717) is 24.2 Å². The number of hydrogen-bond acceptors (Lipinski definition) is 7. The summed E-state index contributed by atoms with van der Waals surface area (Å²) in [5.41, 5.74) is 0.844. The van der Waals surface area contributed by atoms with Crippen LogP contribution in [0.1, 0.15) is 44.7 Å². The van der Waals surface area contributed by atoms with E-state index in [0.717, 1.165) is 15.9 Å². The van der Waals surface area contributed by atoms with Gasteiger partial charge in [-0.25, -0.2) is 8.42 Å². The maximum atomic E-state index is 14.1. The van der Waals surface area contributed by atoms with Crippen molar-refractivity contribution in [2.45, 2.75) is 64.1 Å². The summed E-state index contributed by atoms with van der Waals surface area (Å²) in [7, 11) is -3.02. The summed E-state index contributed by atoms with van der Waals surface area (Å²) in [4.78, 5) is 39.5. The van der Waals surface area contributed by atoms with Gasteiger partial charge in [0, 0.05) is 24.2 Å². The standard InChI is InChI=1S/C31H38N4O7S/c1-6-23(4)32-31(37)28(7-2)33(20-24-11-9-8-10-12-24)30(36)21-34(25-14-16-26(42-5)17-15-25)43(40,41)27-18-13-22(3)29(19-27)35(38)39/h8-19,23,28H,6-7,20-21H2,1-5H3,(H,32,37). The lowest BCUT2D eigenvalue weighted by molar-refractivity contribution is -0.385. The van der Waals surface area contributed by atoms with Crippen molar-refractivity contribution >= 4 is 33.2 Å². The lowest BCUT2D eigenvalue weighted by Crippen LogP contribution is -2.53. The highest BCUT2D eigenvalue weighted by Gasteiger charge is 2.34. The van der Waals surface area contributed by atoms with Crippen LogP contribution in [-0.2, 0) is 26.2 Å². The summed E-state index contributed by atoms with van der Waals surface area (Å²) >= 11 is 0. The van der Waals surface area contributed by atoms with Crippen molar-refractivity contribution in [2.75, 3.05) is 18.0 Å². The third-order valence-corrected chi connectivity index (χ3v) is 8.96. The molecule has 3 rings (SSSR count). The van der Waals surface area contributed by atoms with Crippen LogP contribution in [0.25, 0.3) is 0 Å². The molecular formula is C31H38N4O7S. The number of sulfonamides is 1. The molecule has 0 aliphatic carbocycles. The number of aryl methyl sites for hydroxylation is 1. The third-order valence-electron chi connectivity index (χ3n) is 7.19. The molecule has 3 aromatic carbocycles. The van der Waals surface area contributed by atoms with Crippen molar-refractivity contribution in [1.82, 2.24) is 10.2 Å². The Hall–Kier alpha value is -4.45. The number of nitro benzene ring substituents is 1. The van der Waals surface area contributed by atoms with Crippen LogP contribution >= 0.6 is 0 Å². The summed E-state index contributed by atoms with van der Waals surface area (Å²) in [6.45, 7) is 6.51. The van der Waals surface area contributed by atoms with E-state index in [9.17, 15) is 28.1 Å². The average molecular weight is 611 g/mol. The predicted octanol–water partition coefficient (Wildman–Crippen LogP) is 4.83. The smallest absolute Gasteiger partial charge is 0.273 e. The van der Waals surface area contributed by atoms with Crippen LogP contribution in [0.3, 0.4) is 0 Å². The minimum absolute atomic E-state index is 0.0681. The fourth-order valence-electron chi connectivity index (χ4n) is 4.49. The first-order valence-corrected chi connectivity index (χ1v) is 15.4. The molecule has 1 N–H and O–H groups in total. The molecule has 0 bridgehead atoms. The van der Waals surface area contributed by atoms with Crippen molar-refractivity contribution in [2.24, 2.45) is 0 Å². The zero-order valence-electron chi connectivity index (χ0n) is 25.0. The third kappa shape index (κ3) is 8.10. The molecule has 43 heavy (non-hydrogen) atoms. The van der Waals surface area contributed by atoms with Crippen LogP contribution in [0, 0.1) is 17.0 Å². The predicted molar refractivity (Wildman–Crippen MR) is 164 cm³/mol. The number of methoxy groups -OCH3 is 1. The summed E-state index contributed by atoms with van der Waals surface area (Å²) in [5, 5.41) is 14.5. The van der Waals surface area contributed by atoms with E-state index in [1.54, 1.807) is 19.1 Å². The largest absolute Gasteiger partial charge is 0.497 e. The number of amides is 2. The Morgan fingerprint density at radius 1 is 1.00 bits per heavy atom. The summed E-state index contributed by atoms with van der Waals surface area (Å²) in [6.07, 6.45) is 0.987. The van der Waals surface area contributed by atoms with Crippen molar-refractivity contribution in [3.8, 4) is 5.75 Å². The minimum atomic E-state index is -4.48. The topological polar surface area (TPSA) is 139 Å². The van der Waals surface area contributed by atoms with Crippen LogP contribution in [0.2, 0.25) is 0 Å². The Bertz CT molecular complexity index is 1530. The molecule has 0 fully saturated rings. The van der Waals surface area contributed by atoms with Crippen molar-refractivity contribution < 1.29 is 27.7 Å². The number of carbonyl (C=O) groups is 2. The van der Waals surface area contributed by atoms with Gasteiger partial charge >= 0.3 is 0 Å². The van der Waals surface area contributed by atoms with Gasteiger partial charge in [-0.15, -0.1) is 0 Å². The van der Waals surface area contributed by atoms with Gasteiger partial charge in [-0.1, -0.05) is 50.2 Å². The first-order chi connectivity index (χ1) is 20.4. The van der Waals surface area contributed by atoms with Gasteiger partial charge in [0.2, 0.25) is 11.8 Å². The molecular weight excluding hydrogens is 572 g/mol. The zero-order chi connectivity index (χ0) is 31.7. The molecule has 0 saturated carbocycles. The molecule has 0 aromatic heterocycles. The van der Waals surface area contributed by atoms with E-state index in [1.165, 1.54) is 43.2 Å². The number of benzene rings is 3. The van der Waals surface area contributed by atoms with Gasteiger partial charge in [0.1, 0.15) is 18.3 Å². The first kappa shape index (κ1) is 33.1. The monoisotopic (exact) mass is 610 g/mol. The van der Waals surface area contributed by atoms with Crippen molar-refractivity contribution in [1.29, 1.82) is 0 Å². The van der Waals surface area contributed by atoms with Crippen molar-refractivity contribution in [3.05, 3.63) is 94.0 Å². The molecule has 0 spiro atoms. The molecule has 0 heterocycles. The highest BCUT2D eigenvalue weighted by atomic mass is 32.2. The van der Waals surface area contributed by atoms with Gasteiger partial charge in [-0.3, -0.25) is 24.0 Å². The second-order valence-corrected chi connectivity index (χ2v) is 12.0. The van der Waals surface area contributed by atoms with Gasteiger partial charge < -0.3 is 15.0 Å². The fourth-order valence-corrected chi connectivity index (χ4v) is 5.93. The molecule has 230 valence electrons. The molecule has 2 unspecified atom stereocenters. The Labute approximate surface area is 252 Å². The quantitative estimate of drug-likeness (QED) is 0.204. The molecule has 2 amide bonds. The van der Waals surface area contributed by atoms with Gasteiger partial charge in [-0.2, -0.15) is 0 Å². The Balaban J connectivity index is 2.11. The number of nitro groups is 1. The number of ether oxygens (including phenoxy) is 1. The highest BCUT2D eigenvalue weighted by molar-refractivity contribution is 7.92. The molecule has 0 aliphatic rings. The van der Waals surface area contributed by atoms with Crippen LogP contribution in [0.15, 0.2) is 77.7 Å². The number of anilines is 1. The number of carbonyl (C=O) groups excluding carboxylic acids is 2. The highest BCUT2D eigenvalue weighted by Crippen LogP contribution is 2.29. The summed E-state index contributed by atoms with van der Waals surface area (Å²) in [6, 6.07) is 17.8. The number of rotatable bonds is 14. The first-order valence-electron chi connectivity index (χ1n) is 14.0. The number of nitrogens with zero attached hydrogens (tertiary/aromatic N) is 3. The normalized spacial score (nSPS) is 12.6. The Kier molecular flexibility index (Phi) is 11.2. The molecule has 12 heteroatoms. The molecule has 0 aliphatic heterocycles. The van der Waals surface area contributed by atoms with Gasteiger partial charge in [-0.05, 0) is 62.6 Å². The molecule has 0 radical (unpaired) electrons. The van der Waals surface area contributed by atoms with E-state index in [1.807, 2.05) is 44.2 Å². The van der Waals surface area contributed by atoms with Gasteiger partial charge in [0.25, 0.3) is 15.7 Å². The maximum Gasteiger partial charge on any atom is 0.273 e. The SMILES string of the molecule is CCC(C)NC(=O)C(CC)N(Cc1ccccc1)C(=O)CN(c1ccc(OC)cc1)S(=O)(=O)c1ccc(C)c([N+](=O)[O-])c1. The molecule has 2 atom stereocenters. The summed E-state index contributed by atoms with van der Waals surface area (Å²) < 4.78 is 34.3. The molecule has 0 saturated heterocycles. The second kappa shape index (κ2) is 14.6. The zero-order valence-corrected chi connectivity index (χ0v) is 25.8. The number of nitrogens with one attached hydrogen (secondary N) is 1. The van der Waals surface area contributed by atoms with E-state index < -0.39 is 33.4 Å². The summed E-state index contributed by atoms with van der Waals surface area (Å²) in [5.74, 6) is -0.484. The second-order valence-electron chi connectivity index (χ2n) is 10.2. The van der Waals surface area contributed by atoms with Crippen LogP contribution in [0.5, 0.6) is 5.75 Å². The fraction of sp³-hybridized carbons (Fsp3) is 0.355. The van der Waals surface area contributed by atoms with E-state index >= 15 is 0 Å². The van der Waals surface area contributed by atoms with E-state index in [2.05, 4.69) is 5.32 Å². The van der Waals surface area contributed by atoms with E-state index in [4.69, 9.17) is 4.74 Å². The van der Waals surface area contributed by atoms with Crippen LogP contribution < -0.4 is 14.4 Å². The minimum Gasteiger partial charge on any atom is -0.497 e. The van der Waals surface area contributed by atoms with E-state index in [-0.39, 0.29) is 34.8 Å². The maximum absolute atomic E-state index is 14.1. The Morgan fingerprint density at radius 3 is 2.21 bits per heavy atom. The number of hydrogen-bond donors (Lipinski definition) is 1. The lowest BCUT2D eigenvalue weighted by atomic mass is 10.1. The lowest BCUT2D eigenvalue weighted by Gasteiger charge is -2.33.